The predicted molar refractivity (Wildman–Crippen MR) is 83.1 cm³/mol. The molecule has 102 valence electrons. The van der Waals surface area contributed by atoms with Gasteiger partial charge in [-0.15, -0.1) is 0 Å². The van der Waals surface area contributed by atoms with Gasteiger partial charge >= 0.3 is 0 Å². The molecule has 0 aromatic heterocycles. The summed E-state index contributed by atoms with van der Waals surface area (Å²) in [5, 5.41) is 0. The van der Waals surface area contributed by atoms with E-state index >= 15 is 0 Å². The summed E-state index contributed by atoms with van der Waals surface area (Å²) >= 11 is 0. The van der Waals surface area contributed by atoms with Gasteiger partial charge in [-0.2, -0.15) is 0 Å². The Labute approximate surface area is 120 Å². The SMILES string of the molecule is Cc1ccc2c(c1)CCCN2c1ccc(C=O)c(C)c1. The van der Waals surface area contributed by atoms with Crippen molar-refractivity contribution in [2.75, 3.05) is 11.4 Å². The third-order valence-corrected chi connectivity index (χ3v) is 4.05. The van der Waals surface area contributed by atoms with Crippen LogP contribution in [0.4, 0.5) is 11.4 Å². The highest BCUT2D eigenvalue weighted by Crippen LogP contribution is 2.34. The average molecular weight is 265 g/mol. The summed E-state index contributed by atoms with van der Waals surface area (Å²) in [6, 6.07) is 12.7. The number of rotatable bonds is 2. The van der Waals surface area contributed by atoms with Crippen LogP contribution in [-0.2, 0) is 6.42 Å². The molecule has 1 heterocycles. The molecule has 2 aromatic carbocycles. The largest absolute Gasteiger partial charge is 0.341 e. The quantitative estimate of drug-likeness (QED) is 0.758. The summed E-state index contributed by atoms with van der Waals surface area (Å²) in [5.74, 6) is 0. The molecule has 1 aliphatic rings. The number of carbonyl (C=O) groups is 1. The van der Waals surface area contributed by atoms with Gasteiger partial charge in [0.25, 0.3) is 0 Å². The van der Waals surface area contributed by atoms with Gasteiger partial charge in [0.1, 0.15) is 6.29 Å². The van der Waals surface area contributed by atoms with Crippen LogP contribution in [0.5, 0.6) is 0 Å². The van der Waals surface area contributed by atoms with Crippen LogP contribution >= 0.6 is 0 Å². The Morgan fingerprint density at radius 3 is 2.70 bits per heavy atom. The molecule has 0 unspecified atom stereocenters. The van der Waals surface area contributed by atoms with Gasteiger partial charge in [0.2, 0.25) is 0 Å². The van der Waals surface area contributed by atoms with Crippen molar-refractivity contribution < 1.29 is 4.79 Å². The lowest BCUT2D eigenvalue weighted by Crippen LogP contribution is -2.24. The number of hydrogen-bond acceptors (Lipinski definition) is 2. The van der Waals surface area contributed by atoms with E-state index in [0.29, 0.717) is 0 Å². The number of nitrogens with zero attached hydrogens (tertiary/aromatic N) is 1. The summed E-state index contributed by atoms with van der Waals surface area (Å²) in [6.45, 7) is 5.17. The first-order chi connectivity index (χ1) is 9.69. The van der Waals surface area contributed by atoms with Gasteiger partial charge < -0.3 is 4.90 Å². The Morgan fingerprint density at radius 2 is 1.95 bits per heavy atom. The van der Waals surface area contributed by atoms with Crippen molar-refractivity contribution in [1.82, 2.24) is 0 Å². The smallest absolute Gasteiger partial charge is 0.150 e. The van der Waals surface area contributed by atoms with Crippen LogP contribution < -0.4 is 4.90 Å². The zero-order valence-corrected chi connectivity index (χ0v) is 12.0. The van der Waals surface area contributed by atoms with Crippen LogP contribution in [0.3, 0.4) is 0 Å². The van der Waals surface area contributed by atoms with Crippen molar-refractivity contribution in [2.45, 2.75) is 26.7 Å². The number of fused-ring (bicyclic) bond motifs is 1. The van der Waals surface area contributed by atoms with Crippen LogP contribution in [0.15, 0.2) is 36.4 Å². The molecule has 0 radical (unpaired) electrons. The van der Waals surface area contributed by atoms with E-state index < -0.39 is 0 Å². The van der Waals surface area contributed by atoms with Gasteiger partial charge in [-0.3, -0.25) is 4.79 Å². The van der Waals surface area contributed by atoms with Crippen LogP contribution in [0.25, 0.3) is 0 Å². The van der Waals surface area contributed by atoms with Crippen molar-refractivity contribution in [3.05, 3.63) is 58.7 Å². The Balaban J connectivity index is 2.04. The van der Waals surface area contributed by atoms with E-state index in [1.807, 2.05) is 19.1 Å². The molecule has 3 rings (SSSR count). The molecule has 2 heteroatoms. The topological polar surface area (TPSA) is 20.3 Å². The summed E-state index contributed by atoms with van der Waals surface area (Å²) in [6.07, 6.45) is 3.25. The summed E-state index contributed by atoms with van der Waals surface area (Å²) in [7, 11) is 0. The Hall–Kier alpha value is -2.09. The highest BCUT2D eigenvalue weighted by atomic mass is 16.1. The highest BCUT2D eigenvalue weighted by molar-refractivity contribution is 5.79. The van der Waals surface area contributed by atoms with Crippen LogP contribution in [0.2, 0.25) is 0 Å². The van der Waals surface area contributed by atoms with Gasteiger partial charge in [-0.05, 0) is 62.1 Å². The molecule has 0 aliphatic carbocycles. The van der Waals surface area contributed by atoms with Crippen LogP contribution in [0.1, 0.15) is 33.5 Å². The fourth-order valence-corrected chi connectivity index (χ4v) is 2.95. The first-order valence-electron chi connectivity index (χ1n) is 7.12. The first kappa shape index (κ1) is 12.9. The average Bonchev–Trinajstić information content (AvgIpc) is 2.46. The normalized spacial score (nSPS) is 14.0. The zero-order chi connectivity index (χ0) is 14.1. The Bertz CT molecular complexity index is 660. The lowest BCUT2D eigenvalue weighted by molar-refractivity contribution is 0.112. The number of aryl methyl sites for hydroxylation is 3. The fourth-order valence-electron chi connectivity index (χ4n) is 2.95. The van der Waals surface area contributed by atoms with Crippen molar-refractivity contribution in [3.63, 3.8) is 0 Å². The minimum atomic E-state index is 0.773. The van der Waals surface area contributed by atoms with E-state index in [2.05, 4.69) is 36.1 Å². The minimum Gasteiger partial charge on any atom is -0.341 e. The molecule has 0 saturated carbocycles. The lowest BCUT2D eigenvalue weighted by Gasteiger charge is -2.32. The zero-order valence-electron chi connectivity index (χ0n) is 12.0. The highest BCUT2D eigenvalue weighted by Gasteiger charge is 2.18. The molecular weight excluding hydrogens is 246 g/mol. The van der Waals surface area contributed by atoms with Crippen molar-refractivity contribution in [1.29, 1.82) is 0 Å². The summed E-state index contributed by atoms with van der Waals surface area (Å²) in [4.78, 5) is 13.3. The van der Waals surface area contributed by atoms with Gasteiger partial charge in [-0.25, -0.2) is 0 Å². The van der Waals surface area contributed by atoms with Gasteiger partial charge in [0, 0.05) is 23.5 Å². The monoisotopic (exact) mass is 265 g/mol. The Morgan fingerprint density at radius 1 is 1.10 bits per heavy atom. The molecule has 20 heavy (non-hydrogen) atoms. The molecule has 2 nitrogen and oxygen atoms in total. The van der Waals surface area contributed by atoms with E-state index in [0.717, 1.165) is 30.4 Å². The molecule has 0 fully saturated rings. The second kappa shape index (κ2) is 5.12. The number of benzene rings is 2. The molecule has 0 spiro atoms. The number of carbonyl (C=O) groups excluding carboxylic acids is 1. The molecule has 0 N–H and O–H groups in total. The first-order valence-corrected chi connectivity index (χ1v) is 7.12. The lowest BCUT2D eigenvalue weighted by atomic mass is 9.98. The molecule has 0 bridgehead atoms. The summed E-state index contributed by atoms with van der Waals surface area (Å²) in [5.41, 5.74) is 7.04. The molecule has 0 saturated heterocycles. The molecular formula is C18H19NO. The molecule has 0 atom stereocenters. The number of aldehydes is 1. The maximum Gasteiger partial charge on any atom is 0.150 e. The van der Waals surface area contributed by atoms with Crippen molar-refractivity contribution in [2.24, 2.45) is 0 Å². The standard InChI is InChI=1S/C18H19NO/c1-13-5-8-18-15(10-13)4-3-9-19(18)17-7-6-16(12-20)14(2)11-17/h5-8,10-12H,3-4,9H2,1-2H3. The third-order valence-electron chi connectivity index (χ3n) is 4.05. The van der Waals surface area contributed by atoms with Crippen LogP contribution in [0, 0.1) is 13.8 Å². The Kier molecular flexibility index (Phi) is 3.31. The second-order valence-electron chi connectivity index (χ2n) is 5.55. The fraction of sp³-hybridized carbons (Fsp3) is 0.278. The number of anilines is 2. The molecule has 1 aliphatic heterocycles. The second-order valence-corrected chi connectivity index (χ2v) is 5.55. The maximum absolute atomic E-state index is 10.9. The molecule has 0 amide bonds. The van der Waals surface area contributed by atoms with Crippen LogP contribution in [-0.4, -0.2) is 12.8 Å². The van der Waals surface area contributed by atoms with E-state index in [4.69, 9.17) is 0 Å². The van der Waals surface area contributed by atoms with E-state index in [1.54, 1.807) is 0 Å². The third kappa shape index (κ3) is 2.22. The predicted octanol–water partition coefficient (Wildman–Crippen LogP) is 4.20. The van der Waals surface area contributed by atoms with Gasteiger partial charge in [-0.1, -0.05) is 17.7 Å². The summed E-state index contributed by atoms with van der Waals surface area (Å²) < 4.78 is 0. The van der Waals surface area contributed by atoms with E-state index in [-0.39, 0.29) is 0 Å². The van der Waals surface area contributed by atoms with E-state index in [1.165, 1.54) is 28.9 Å². The van der Waals surface area contributed by atoms with Gasteiger partial charge in [0.05, 0.1) is 0 Å². The minimum absolute atomic E-state index is 0.773. The maximum atomic E-state index is 10.9. The van der Waals surface area contributed by atoms with E-state index in [9.17, 15) is 4.79 Å². The van der Waals surface area contributed by atoms with Crippen molar-refractivity contribution >= 4 is 17.7 Å². The molecule has 2 aromatic rings. The van der Waals surface area contributed by atoms with Gasteiger partial charge in [0.15, 0.2) is 0 Å². The number of hydrogen-bond donors (Lipinski definition) is 0. The van der Waals surface area contributed by atoms with Crippen molar-refractivity contribution in [3.8, 4) is 0 Å².